The van der Waals surface area contributed by atoms with Gasteiger partial charge in [0.05, 0.1) is 5.60 Å². The average Bonchev–Trinajstić information content (AvgIpc) is 2.56. The van der Waals surface area contributed by atoms with Crippen LogP contribution in [0.4, 0.5) is 5.69 Å². The van der Waals surface area contributed by atoms with E-state index in [0.717, 1.165) is 37.9 Å². The first-order valence-electron chi connectivity index (χ1n) is 7.83. The Morgan fingerprint density at radius 2 is 1.71 bits per heavy atom. The van der Waals surface area contributed by atoms with E-state index in [1.165, 1.54) is 11.3 Å². The fourth-order valence-corrected chi connectivity index (χ4v) is 3.14. The van der Waals surface area contributed by atoms with E-state index < -0.39 is 5.60 Å². The molecule has 0 bridgehead atoms. The predicted molar refractivity (Wildman–Crippen MR) is 87.6 cm³/mol. The van der Waals surface area contributed by atoms with E-state index in [-0.39, 0.29) is 0 Å². The molecule has 1 N–H and O–H groups in total. The van der Waals surface area contributed by atoms with Gasteiger partial charge in [-0.25, -0.2) is 0 Å². The summed E-state index contributed by atoms with van der Waals surface area (Å²) >= 11 is 0. The van der Waals surface area contributed by atoms with Crippen molar-refractivity contribution in [2.24, 2.45) is 0 Å². The Labute approximate surface area is 127 Å². The van der Waals surface area contributed by atoms with Gasteiger partial charge >= 0.3 is 0 Å². The molecule has 1 fully saturated rings. The molecule has 2 aromatic rings. The van der Waals surface area contributed by atoms with Crippen LogP contribution in [0.5, 0.6) is 0 Å². The molecule has 0 aliphatic carbocycles. The predicted octanol–water partition coefficient (Wildman–Crippen LogP) is 3.74. The highest BCUT2D eigenvalue weighted by molar-refractivity contribution is 5.47. The highest BCUT2D eigenvalue weighted by Gasteiger charge is 2.34. The second kappa shape index (κ2) is 5.90. The van der Waals surface area contributed by atoms with Gasteiger partial charge in [0.25, 0.3) is 0 Å². The van der Waals surface area contributed by atoms with Crippen LogP contribution in [-0.2, 0) is 12.0 Å². The van der Waals surface area contributed by atoms with E-state index in [1.807, 2.05) is 6.07 Å². The fourth-order valence-electron chi connectivity index (χ4n) is 3.14. The third-order valence-electron chi connectivity index (χ3n) is 4.58. The molecular weight excluding hydrogens is 258 g/mol. The number of para-hydroxylation sites is 1. The van der Waals surface area contributed by atoms with Crippen LogP contribution in [0.25, 0.3) is 0 Å². The maximum atomic E-state index is 11.0. The molecule has 21 heavy (non-hydrogen) atoms. The van der Waals surface area contributed by atoms with Gasteiger partial charge in [-0.05, 0) is 42.5 Å². The van der Waals surface area contributed by atoms with Gasteiger partial charge in [-0.15, -0.1) is 0 Å². The van der Waals surface area contributed by atoms with Crippen molar-refractivity contribution in [2.45, 2.75) is 31.8 Å². The molecule has 2 nitrogen and oxygen atoms in total. The summed E-state index contributed by atoms with van der Waals surface area (Å²) in [4.78, 5) is 2.36. The summed E-state index contributed by atoms with van der Waals surface area (Å²) in [6.45, 7) is 3.95. The zero-order valence-corrected chi connectivity index (χ0v) is 12.6. The van der Waals surface area contributed by atoms with Crippen LogP contribution in [0.15, 0.2) is 54.6 Å². The van der Waals surface area contributed by atoms with Gasteiger partial charge in [0, 0.05) is 18.8 Å². The van der Waals surface area contributed by atoms with Gasteiger partial charge in [0.2, 0.25) is 0 Å². The molecule has 2 aromatic carbocycles. The first-order chi connectivity index (χ1) is 10.2. The Balaban J connectivity index is 1.74. The minimum absolute atomic E-state index is 0.670. The van der Waals surface area contributed by atoms with Crippen molar-refractivity contribution in [1.29, 1.82) is 0 Å². The van der Waals surface area contributed by atoms with E-state index in [2.05, 4.69) is 60.4 Å². The molecule has 110 valence electrons. The number of aryl methyl sites for hydroxylation is 1. The summed E-state index contributed by atoms with van der Waals surface area (Å²) in [6, 6.07) is 18.9. The number of nitrogens with zero attached hydrogens (tertiary/aromatic N) is 1. The second-order valence-corrected chi connectivity index (χ2v) is 5.91. The molecule has 0 unspecified atom stereocenters. The monoisotopic (exact) mass is 281 g/mol. The molecule has 1 heterocycles. The molecule has 0 atom stereocenters. The number of piperidine rings is 1. The molecule has 0 aromatic heterocycles. The molecule has 0 spiro atoms. The van der Waals surface area contributed by atoms with Crippen molar-refractivity contribution < 1.29 is 5.11 Å². The van der Waals surface area contributed by atoms with Crippen LogP contribution >= 0.6 is 0 Å². The summed E-state index contributed by atoms with van der Waals surface area (Å²) in [5.41, 5.74) is 2.96. The zero-order chi connectivity index (χ0) is 14.7. The first kappa shape index (κ1) is 14.2. The molecule has 1 aliphatic rings. The third kappa shape index (κ3) is 2.96. The number of rotatable bonds is 3. The average molecular weight is 281 g/mol. The van der Waals surface area contributed by atoms with Crippen LogP contribution in [0.3, 0.4) is 0 Å². The van der Waals surface area contributed by atoms with Gasteiger partial charge in [0.1, 0.15) is 0 Å². The lowest BCUT2D eigenvalue weighted by Gasteiger charge is -2.39. The van der Waals surface area contributed by atoms with Gasteiger partial charge < -0.3 is 10.0 Å². The van der Waals surface area contributed by atoms with Gasteiger partial charge in [-0.3, -0.25) is 0 Å². The van der Waals surface area contributed by atoms with Crippen molar-refractivity contribution in [3.63, 3.8) is 0 Å². The van der Waals surface area contributed by atoms with Crippen molar-refractivity contribution in [3.8, 4) is 0 Å². The van der Waals surface area contributed by atoms with Crippen LogP contribution in [-0.4, -0.2) is 18.2 Å². The fraction of sp³-hybridized carbons (Fsp3) is 0.368. The van der Waals surface area contributed by atoms with Crippen molar-refractivity contribution in [3.05, 3.63) is 65.7 Å². The van der Waals surface area contributed by atoms with Crippen molar-refractivity contribution in [1.82, 2.24) is 0 Å². The Kier molecular flexibility index (Phi) is 3.98. The molecule has 0 saturated carbocycles. The number of aliphatic hydroxyl groups is 1. The first-order valence-corrected chi connectivity index (χ1v) is 7.83. The summed E-state index contributed by atoms with van der Waals surface area (Å²) in [5.74, 6) is 0. The normalized spacial score (nSPS) is 17.7. The van der Waals surface area contributed by atoms with E-state index in [1.54, 1.807) is 0 Å². The third-order valence-corrected chi connectivity index (χ3v) is 4.58. The van der Waals surface area contributed by atoms with E-state index in [0.29, 0.717) is 0 Å². The van der Waals surface area contributed by atoms with Gasteiger partial charge in [-0.1, -0.05) is 49.4 Å². The number of hydrogen-bond acceptors (Lipinski definition) is 2. The summed E-state index contributed by atoms with van der Waals surface area (Å²) in [5, 5.41) is 11.0. The Morgan fingerprint density at radius 1 is 1.00 bits per heavy atom. The Hall–Kier alpha value is -1.80. The van der Waals surface area contributed by atoms with Gasteiger partial charge in [0.15, 0.2) is 0 Å². The highest BCUT2D eigenvalue weighted by atomic mass is 16.3. The molecule has 1 saturated heterocycles. The molecular formula is C19H23NO. The molecule has 2 heteroatoms. The Morgan fingerprint density at radius 3 is 2.38 bits per heavy atom. The van der Waals surface area contributed by atoms with Crippen LogP contribution < -0.4 is 4.90 Å². The highest BCUT2D eigenvalue weighted by Crippen LogP contribution is 2.34. The number of hydrogen-bond donors (Lipinski definition) is 1. The lowest BCUT2D eigenvalue weighted by atomic mass is 9.83. The molecule has 0 amide bonds. The Bertz CT molecular complexity index is 586. The standard InChI is InChI=1S/C19H23NO/c1-2-16-7-6-8-17(15-16)19(21)11-13-20(14-12-19)18-9-4-3-5-10-18/h3-10,15,21H,2,11-14H2,1H3. The largest absolute Gasteiger partial charge is 0.385 e. The topological polar surface area (TPSA) is 23.5 Å². The number of benzene rings is 2. The van der Waals surface area contributed by atoms with Crippen molar-refractivity contribution in [2.75, 3.05) is 18.0 Å². The summed E-state index contributed by atoms with van der Waals surface area (Å²) in [7, 11) is 0. The molecule has 1 aliphatic heterocycles. The summed E-state index contributed by atoms with van der Waals surface area (Å²) in [6.07, 6.45) is 2.59. The smallest absolute Gasteiger partial charge is 0.0930 e. The maximum Gasteiger partial charge on any atom is 0.0930 e. The zero-order valence-electron chi connectivity index (χ0n) is 12.6. The van der Waals surface area contributed by atoms with E-state index >= 15 is 0 Å². The summed E-state index contributed by atoms with van der Waals surface area (Å²) < 4.78 is 0. The number of anilines is 1. The van der Waals surface area contributed by atoms with E-state index in [9.17, 15) is 5.11 Å². The second-order valence-electron chi connectivity index (χ2n) is 5.91. The maximum absolute atomic E-state index is 11.0. The van der Waals surface area contributed by atoms with Crippen molar-refractivity contribution >= 4 is 5.69 Å². The quantitative estimate of drug-likeness (QED) is 0.926. The lowest BCUT2D eigenvalue weighted by Crippen LogP contribution is -2.42. The van der Waals surface area contributed by atoms with Crippen LogP contribution in [0, 0.1) is 0 Å². The minimum Gasteiger partial charge on any atom is -0.385 e. The molecule has 0 radical (unpaired) electrons. The molecule has 3 rings (SSSR count). The van der Waals surface area contributed by atoms with Crippen LogP contribution in [0.2, 0.25) is 0 Å². The van der Waals surface area contributed by atoms with Gasteiger partial charge in [-0.2, -0.15) is 0 Å². The minimum atomic E-state index is -0.670. The van der Waals surface area contributed by atoms with E-state index in [4.69, 9.17) is 0 Å². The SMILES string of the molecule is CCc1cccc(C2(O)CCN(c3ccccc3)CC2)c1. The van der Waals surface area contributed by atoms with Crippen LogP contribution in [0.1, 0.15) is 30.9 Å². The lowest BCUT2D eigenvalue weighted by molar-refractivity contribution is 0.0117.